The molecule has 0 spiro atoms. The van der Waals surface area contributed by atoms with E-state index in [1.807, 2.05) is 5.32 Å². The van der Waals surface area contributed by atoms with Crippen molar-refractivity contribution in [3.8, 4) is 0 Å². The number of rotatable bonds is 3. The summed E-state index contributed by atoms with van der Waals surface area (Å²) in [6.45, 7) is 2.61. The molecule has 2 atom stereocenters. The van der Waals surface area contributed by atoms with Crippen molar-refractivity contribution in [2.24, 2.45) is 11.8 Å². The van der Waals surface area contributed by atoms with E-state index in [9.17, 15) is 14.4 Å². The number of nitrogens with one attached hydrogen (secondary N) is 1. The highest BCUT2D eigenvalue weighted by Crippen LogP contribution is 2.30. The van der Waals surface area contributed by atoms with Crippen LogP contribution in [0.1, 0.15) is 39.0 Å². The fourth-order valence-corrected chi connectivity index (χ4v) is 2.77. The Morgan fingerprint density at radius 3 is 2.65 bits per heavy atom. The molecule has 4 amide bonds. The second-order valence-corrected chi connectivity index (χ2v) is 5.14. The molecule has 1 N–H and O–H groups in total. The van der Waals surface area contributed by atoms with Crippen molar-refractivity contribution < 1.29 is 14.4 Å². The zero-order chi connectivity index (χ0) is 12.4. The molecule has 0 aromatic carbocycles. The van der Waals surface area contributed by atoms with E-state index < -0.39 is 17.8 Å². The van der Waals surface area contributed by atoms with Crippen molar-refractivity contribution in [3.05, 3.63) is 0 Å². The third kappa shape index (κ3) is 2.65. The fraction of sp³-hybridized carbons (Fsp3) is 0.750. The molecule has 1 aliphatic carbocycles. The van der Waals surface area contributed by atoms with E-state index in [2.05, 4.69) is 6.92 Å². The Bertz CT molecular complexity index is 354. The van der Waals surface area contributed by atoms with Crippen LogP contribution >= 0.6 is 0 Å². The lowest BCUT2D eigenvalue weighted by atomic mass is 9.81. The quantitative estimate of drug-likeness (QED) is 0.595. The van der Waals surface area contributed by atoms with Crippen LogP contribution in [0, 0.1) is 11.8 Å². The van der Waals surface area contributed by atoms with Crippen molar-refractivity contribution in [3.63, 3.8) is 0 Å². The maximum Gasteiger partial charge on any atom is 0.331 e. The zero-order valence-electron chi connectivity index (χ0n) is 10.1. The molecule has 1 saturated carbocycles. The van der Waals surface area contributed by atoms with Crippen LogP contribution in [0.15, 0.2) is 0 Å². The fourth-order valence-electron chi connectivity index (χ4n) is 2.77. The molecule has 5 heteroatoms. The molecular formula is C12H18N2O3. The first kappa shape index (κ1) is 12.1. The Labute approximate surface area is 101 Å². The van der Waals surface area contributed by atoms with E-state index in [1.54, 1.807) is 0 Å². The molecule has 2 fully saturated rings. The van der Waals surface area contributed by atoms with Crippen molar-refractivity contribution >= 4 is 17.8 Å². The van der Waals surface area contributed by atoms with Gasteiger partial charge in [0, 0.05) is 6.54 Å². The molecule has 2 rings (SSSR count). The highest BCUT2D eigenvalue weighted by molar-refractivity contribution is 6.44. The minimum absolute atomic E-state index is 0.369. The van der Waals surface area contributed by atoms with Crippen molar-refractivity contribution in [2.45, 2.75) is 39.0 Å². The van der Waals surface area contributed by atoms with E-state index >= 15 is 0 Å². The number of hydrogen-bond acceptors (Lipinski definition) is 3. The van der Waals surface area contributed by atoms with Gasteiger partial charge in [-0.3, -0.25) is 19.8 Å². The molecule has 17 heavy (non-hydrogen) atoms. The Morgan fingerprint density at radius 1 is 1.29 bits per heavy atom. The molecule has 1 saturated heterocycles. The maximum atomic E-state index is 11.3. The summed E-state index contributed by atoms with van der Waals surface area (Å²) in [6, 6.07) is -0.566. The smallest absolute Gasteiger partial charge is 0.269 e. The number of amides is 4. The highest BCUT2D eigenvalue weighted by Gasteiger charge is 2.36. The van der Waals surface area contributed by atoms with Crippen LogP contribution in [0.25, 0.3) is 0 Å². The van der Waals surface area contributed by atoms with Crippen LogP contribution in [0.5, 0.6) is 0 Å². The standard InChI is InChI=1S/C12H18N2O3/c1-8-3-2-4-9(7-8)5-6-14-11(16)10(15)13-12(14)17/h8-9H,2-7H2,1H3,(H,13,15,17). The highest BCUT2D eigenvalue weighted by atomic mass is 16.2. The largest absolute Gasteiger partial charge is 0.331 e. The van der Waals surface area contributed by atoms with E-state index in [-0.39, 0.29) is 0 Å². The summed E-state index contributed by atoms with van der Waals surface area (Å²) in [5.41, 5.74) is 0. The third-order valence-electron chi connectivity index (χ3n) is 3.71. The average molecular weight is 238 g/mol. The van der Waals surface area contributed by atoms with Crippen LogP contribution in [-0.2, 0) is 9.59 Å². The van der Waals surface area contributed by atoms with Gasteiger partial charge in [0.05, 0.1) is 0 Å². The van der Waals surface area contributed by atoms with Crippen LogP contribution in [0.3, 0.4) is 0 Å². The molecule has 2 aliphatic rings. The molecule has 0 aromatic heterocycles. The van der Waals surface area contributed by atoms with E-state index in [0.717, 1.165) is 23.7 Å². The first-order chi connectivity index (χ1) is 8.08. The predicted molar refractivity (Wildman–Crippen MR) is 61.0 cm³/mol. The summed E-state index contributed by atoms with van der Waals surface area (Å²) in [5.74, 6) is -0.195. The summed E-state index contributed by atoms with van der Waals surface area (Å²) >= 11 is 0. The lowest BCUT2D eigenvalue weighted by Gasteiger charge is -2.27. The Hall–Kier alpha value is -1.39. The van der Waals surface area contributed by atoms with Gasteiger partial charge in [-0.05, 0) is 24.7 Å². The number of carbonyl (C=O) groups excluding carboxylic acids is 3. The van der Waals surface area contributed by atoms with Gasteiger partial charge < -0.3 is 0 Å². The van der Waals surface area contributed by atoms with Gasteiger partial charge in [0.1, 0.15) is 0 Å². The van der Waals surface area contributed by atoms with Crippen molar-refractivity contribution in [2.75, 3.05) is 6.54 Å². The molecule has 2 unspecified atom stereocenters. The number of hydrogen-bond donors (Lipinski definition) is 1. The van der Waals surface area contributed by atoms with E-state index in [0.29, 0.717) is 12.5 Å². The molecular weight excluding hydrogens is 220 g/mol. The Balaban J connectivity index is 1.83. The average Bonchev–Trinajstić information content (AvgIpc) is 2.51. The first-order valence-electron chi connectivity index (χ1n) is 6.24. The third-order valence-corrected chi connectivity index (χ3v) is 3.71. The maximum absolute atomic E-state index is 11.3. The van der Waals surface area contributed by atoms with Crippen molar-refractivity contribution in [1.29, 1.82) is 0 Å². The SMILES string of the molecule is CC1CCCC(CCN2C(=O)NC(=O)C2=O)C1. The number of urea groups is 1. The summed E-state index contributed by atoms with van der Waals surface area (Å²) < 4.78 is 0. The topological polar surface area (TPSA) is 66.5 Å². The monoisotopic (exact) mass is 238 g/mol. The normalized spacial score (nSPS) is 29.7. The van der Waals surface area contributed by atoms with E-state index in [1.165, 1.54) is 19.3 Å². The second kappa shape index (κ2) is 4.85. The minimum Gasteiger partial charge on any atom is -0.269 e. The second-order valence-electron chi connectivity index (χ2n) is 5.14. The van der Waals surface area contributed by atoms with Crippen LogP contribution in [-0.4, -0.2) is 29.3 Å². The van der Waals surface area contributed by atoms with Gasteiger partial charge in [-0.2, -0.15) is 0 Å². The lowest BCUT2D eigenvalue weighted by Crippen LogP contribution is -2.33. The molecule has 0 bridgehead atoms. The predicted octanol–water partition coefficient (Wildman–Crippen LogP) is 1.28. The lowest BCUT2D eigenvalue weighted by molar-refractivity contribution is -0.140. The zero-order valence-corrected chi connectivity index (χ0v) is 10.1. The van der Waals surface area contributed by atoms with Gasteiger partial charge in [0.25, 0.3) is 0 Å². The van der Waals surface area contributed by atoms with Gasteiger partial charge in [0.2, 0.25) is 0 Å². The summed E-state index contributed by atoms with van der Waals surface area (Å²) in [7, 11) is 0. The Morgan fingerprint density at radius 2 is 2.06 bits per heavy atom. The van der Waals surface area contributed by atoms with Crippen molar-refractivity contribution in [1.82, 2.24) is 10.2 Å². The van der Waals surface area contributed by atoms with Gasteiger partial charge in [-0.1, -0.05) is 26.2 Å². The van der Waals surface area contributed by atoms with Gasteiger partial charge in [-0.15, -0.1) is 0 Å². The number of nitrogens with zero attached hydrogens (tertiary/aromatic N) is 1. The molecule has 0 aromatic rings. The van der Waals surface area contributed by atoms with E-state index in [4.69, 9.17) is 0 Å². The summed E-state index contributed by atoms with van der Waals surface area (Å²) in [6.07, 6.45) is 5.65. The minimum atomic E-state index is -0.799. The van der Waals surface area contributed by atoms with Crippen LogP contribution in [0.2, 0.25) is 0 Å². The Kier molecular flexibility index (Phi) is 3.45. The summed E-state index contributed by atoms with van der Waals surface area (Å²) in [5, 5.41) is 2.01. The van der Waals surface area contributed by atoms with Gasteiger partial charge in [0.15, 0.2) is 0 Å². The van der Waals surface area contributed by atoms with Gasteiger partial charge in [-0.25, -0.2) is 4.79 Å². The van der Waals surface area contributed by atoms with Gasteiger partial charge >= 0.3 is 17.8 Å². The number of imide groups is 2. The molecule has 94 valence electrons. The number of carbonyl (C=O) groups is 3. The summed E-state index contributed by atoms with van der Waals surface area (Å²) in [4.78, 5) is 34.7. The van der Waals surface area contributed by atoms with Crippen LogP contribution in [0.4, 0.5) is 4.79 Å². The molecule has 0 radical (unpaired) electrons. The first-order valence-corrected chi connectivity index (χ1v) is 6.24. The molecule has 1 aliphatic heterocycles. The molecule has 1 heterocycles. The van der Waals surface area contributed by atoms with Crippen LogP contribution < -0.4 is 5.32 Å². The molecule has 5 nitrogen and oxygen atoms in total.